The van der Waals surface area contributed by atoms with Gasteiger partial charge in [-0.15, -0.1) is 11.3 Å². The SMILES string of the molecule is Cc1nc(Cc2ccccc2)sc1C(=O)Nc1ccc(CS(N)(=O)=O)cc1. The summed E-state index contributed by atoms with van der Waals surface area (Å²) in [6, 6.07) is 16.5. The molecule has 0 spiro atoms. The fraction of sp³-hybridized carbons (Fsp3) is 0.158. The fourth-order valence-electron chi connectivity index (χ4n) is 2.61. The molecule has 0 aliphatic carbocycles. The maximum Gasteiger partial charge on any atom is 0.267 e. The van der Waals surface area contributed by atoms with Gasteiger partial charge in [0, 0.05) is 12.1 Å². The average Bonchev–Trinajstić information content (AvgIpc) is 2.96. The van der Waals surface area contributed by atoms with E-state index in [-0.39, 0.29) is 11.7 Å². The summed E-state index contributed by atoms with van der Waals surface area (Å²) in [7, 11) is -3.58. The number of rotatable bonds is 6. The normalized spacial score (nSPS) is 11.3. The van der Waals surface area contributed by atoms with E-state index in [2.05, 4.69) is 10.3 Å². The molecule has 3 aromatic rings. The number of aryl methyl sites for hydroxylation is 1. The van der Waals surface area contributed by atoms with Gasteiger partial charge in [-0.3, -0.25) is 4.79 Å². The zero-order chi connectivity index (χ0) is 19.4. The minimum atomic E-state index is -3.58. The molecule has 0 bridgehead atoms. The smallest absolute Gasteiger partial charge is 0.267 e. The van der Waals surface area contributed by atoms with E-state index in [0.29, 0.717) is 28.2 Å². The third-order valence-electron chi connectivity index (χ3n) is 3.82. The number of nitrogens with one attached hydrogen (secondary N) is 1. The van der Waals surface area contributed by atoms with Gasteiger partial charge in [0.15, 0.2) is 0 Å². The number of hydrogen-bond acceptors (Lipinski definition) is 5. The molecule has 27 heavy (non-hydrogen) atoms. The van der Waals surface area contributed by atoms with E-state index in [1.165, 1.54) is 11.3 Å². The number of thiazole rings is 1. The second kappa shape index (κ2) is 7.99. The fourth-order valence-corrected chi connectivity index (χ4v) is 4.26. The molecule has 0 radical (unpaired) electrons. The van der Waals surface area contributed by atoms with Crippen molar-refractivity contribution < 1.29 is 13.2 Å². The number of sulfonamides is 1. The van der Waals surface area contributed by atoms with E-state index in [1.807, 2.05) is 37.3 Å². The number of hydrogen-bond donors (Lipinski definition) is 2. The van der Waals surface area contributed by atoms with Gasteiger partial charge in [-0.2, -0.15) is 0 Å². The number of carbonyl (C=O) groups is 1. The van der Waals surface area contributed by atoms with Crippen LogP contribution in [0, 0.1) is 6.92 Å². The molecule has 0 aliphatic rings. The van der Waals surface area contributed by atoms with Crippen LogP contribution in [0.2, 0.25) is 0 Å². The van der Waals surface area contributed by atoms with Crippen molar-refractivity contribution in [2.24, 2.45) is 5.14 Å². The lowest BCUT2D eigenvalue weighted by Gasteiger charge is -2.05. The molecular weight excluding hydrogens is 382 g/mol. The van der Waals surface area contributed by atoms with Crippen LogP contribution in [0.4, 0.5) is 5.69 Å². The van der Waals surface area contributed by atoms with Gasteiger partial charge in [-0.1, -0.05) is 42.5 Å². The molecule has 1 aromatic heterocycles. The summed E-state index contributed by atoms with van der Waals surface area (Å²) in [6.07, 6.45) is 0.682. The highest BCUT2D eigenvalue weighted by molar-refractivity contribution is 7.88. The van der Waals surface area contributed by atoms with Gasteiger partial charge in [0.25, 0.3) is 5.91 Å². The first-order valence-electron chi connectivity index (χ1n) is 8.21. The number of primary sulfonamides is 1. The molecular formula is C19H19N3O3S2. The van der Waals surface area contributed by atoms with Crippen LogP contribution in [0.25, 0.3) is 0 Å². The van der Waals surface area contributed by atoms with Gasteiger partial charge in [0.1, 0.15) is 4.88 Å². The Balaban J connectivity index is 1.69. The second-order valence-corrected chi connectivity index (χ2v) is 8.84. The molecule has 3 N–H and O–H groups in total. The summed E-state index contributed by atoms with van der Waals surface area (Å²) in [6.45, 7) is 1.81. The average molecular weight is 402 g/mol. The standard InChI is InChI=1S/C19H19N3O3S2/c1-13-18(26-17(21-13)11-14-5-3-2-4-6-14)19(23)22-16-9-7-15(8-10-16)12-27(20,24)25/h2-10H,11-12H2,1H3,(H,22,23)(H2,20,24,25). The van der Waals surface area contributed by atoms with E-state index < -0.39 is 10.0 Å². The van der Waals surface area contributed by atoms with Gasteiger partial charge in [-0.05, 0) is 30.2 Å². The van der Waals surface area contributed by atoms with Gasteiger partial charge >= 0.3 is 0 Å². The Morgan fingerprint density at radius 3 is 2.37 bits per heavy atom. The molecule has 1 heterocycles. The molecule has 3 rings (SSSR count). The zero-order valence-electron chi connectivity index (χ0n) is 14.7. The van der Waals surface area contributed by atoms with Crippen molar-refractivity contribution >= 4 is 33.0 Å². The topological polar surface area (TPSA) is 102 Å². The number of carbonyl (C=O) groups excluding carboxylic acids is 1. The molecule has 0 saturated heterocycles. The molecule has 2 aromatic carbocycles. The van der Waals surface area contributed by atoms with Crippen molar-refractivity contribution in [2.75, 3.05) is 5.32 Å². The van der Waals surface area contributed by atoms with E-state index in [9.17, 15) is 13.2 Å². The van der Waals surface area contributed by atoms with Crippen molar-refractivity contribution in [2.45, 2.75) is 19.1 Å². The highest BCUT2D eigenvalue weighted by Gasteiger charge is 2.16. The maximum atomic E-state index is 12.6. The quantitative estimate of drug-likeness (QED) is 0.662. The Bertz CT molecular complexity index is 1040. The lowest BCUT2D eigenvalue weighted by Crippen LogP contribution is -2.14. The van der Waals surface area contributed by atoms with Crippen LogP contribution < -0.4 is 10.5 Å². The number of anilines is 1. The van der Waals surface area contributed by atoms with Crippen molar-refractivity contribution in [3.8, 4) is 0 Å². The van der Waals surface area contributed by atoms with Crippen LogP contribution in [0.1, 0.15) is 31.5 Å². The predicted octanol–water partition coefficient (Wildman–Crippen LogP) is 3.08. The summed E-state index contributed by atoms with van der Waals surface area (Å²) in [5.74, 6) is -0.471. The van der Waals surface area contributed by atoms with Crippen molar-refractivity contribution in [3.05, 3.63) is 81.3 Å². The first-order chi connectivity index (χ1) is 12.8. The van der Waals surface area contributed by atoms with Crippen LogP contribution in [0.3, 0.4) is 0 Å². The molecule has 0 saturated carbocycles. The summed E-state index contributed by atoms with van der Waals surface area (Å²) in [5, 5.41) is 8.73. The van der Waals surface area contributed by atoms with Crippen LogP contribution in [-0.2, 0) is 22.2 Å². The number of aromatic nitrogens is 1. The number of nitrogens with zero attached hydrogens (tertiary/aromatic N) is 1. The molecule has 0 atom stereocenters. The minimum Gasteiger partial charge on any atom is -0.321 e. The predicted molar refractivity (Wildman–Crippen MR) is 107 cm³/mol. The third-order valence-corrected chi connectivity index (χ3v) is 5.72. The first kappa shape index (κ1) is 19.2. The molecule has 8 heteroatoms. The number of amides is 1. The van der Waals surface area contributed by atoms with E-state index in [1.54, 1.807) is 24.3 Å². The van der Waals surface area contributed by atoms with Crippen molar-refractivity contribution in [1.29, 1.82) is 0 Å². The summed E-state index contributed by atoms with van der Waals surface area (Å²) < 4.78 is 22.2. The molecule has 0 fully saturated rings. The lowest BCUT2D eigenvalue weighted by atomic mass is 10.2. The first-order valence-corrected chi connectivity index (χ1v) is 10.7. The van der Waals surface area contributed by atoms with Crippen LogP contribution in [-0.4, -0.2) is 19.3 Å². The molecule has 140 valence electrons. The lowest BCUT2D eigenvalue weighted by molar-refractivity contribution is 0.103. The maximum absolute atomic E-state index is 12.6. The van der Waals surface area contributed by atoms with Crippen molar-refractivity contribution in [3.63, 3.8) is 0 Å². The van der Waals surface area contributed by atoms with Gasteiger partial charge in [0.05, 0.1) is 16.5 Å². The Labute approximate surface area is 162 Å². The highest BCUT2D eigenvalue weighted by atomic mass is 32.2. The molecule has 0 unspecified atom stereocenters. The third kappa shape index (κ3) is 5.46. The van der Waals surface area contributed by atoms with Crippen LogP contribution in [0.15, 0.2) is 54.6 Å². The summed E-state index contributed by atoms with van der Waals surface area (Å²) >= 11 is 1.37. The zero-order valence-corrected chi connectivity index (χ0v) is 16.3. The van der Waals surface area contributed by atoms with Gasteiger partial charge in [-0.25, -0.2) is 18.5 Å². The Morgan fingerprint density at radius 2 is 1.74 bits per heavy atom. The van der Waals surface area contributed by atoms with Gasteiger partial charge in [0.2, 0.25) is 10.0 Å². The second-order valence-electron chi connectivity index (χ2n) is 6.14. The van der Waals surface area contributed by atoms with E-state index in [0.717, 1.165) is 10.6 Å². The molecule has 1 amide bonds. The van der Waals surface area contributed by atoms with Crippen LogP contribution in [0.5, 0.6) is 0 Å². The van der Waals surface area contributed by atoms with E-state index >= 15 is 0 Å². The summed E-state index contributed by atoms with van der Waals surface area (Å²) in [5.41, 5.74) is 2.98. The number of nitrogens with two attached hydrogens (primary N) is 1. The Kier molecular flexibility index (Phi) is 5.69. The minimum absolute atomic E-state index is 0.233. The van der Waals surface area contributed by atoms with Crippen molar-refractivity contribution in [1.82, 2.24) is 4.98 Å². The van der Waals surface area contributed by atoms with Crippen LogP contribution >= 0.6 is 11.3 Å². The molecule has 6 nitrogen and oxygen atoms in total. The highest BCUT2D eigenvalue weighted by Crippen LogP contribution is 2.22. The monoisotopic (exact) mass is 401 g/mol. The summed E-state index contributed by atoms with van der Waals surface area (Å²) in [4.78, 5) is 17.6. The van der Waals surface area contributed by atoms with E-state index in [4.69, 9.17) is 5.14 Å². The Hall–Kier alpha value is -2.55. The number of benzene rings is 2. The largest absolute Gasteiger partial charge is 0.321 e. The van der Waals surface area contributed by atoms with Gasteiger partial charge < -0.3 is 5.32 Å². The molecule has 0 aliphatic heterocycles. The Morgan fingerprint density at radius 1 is 1.07 bits per heavy atom.